The number of aryl methyl sites for hydroxylation is 1. The minimum absolute atomic E-state index is 0.455. The van der Waals surface area contributed by atoms with E-state index in [0.717, 1.165) is 17.8 Å². The SMILES string of the molecule is Cc1ccc(C(N)=S)c(NCC(C)N2CCCC2)c1. The molecule has 0 radical (unpaired) electrons. The molecule has 2 rings (SSSR count). The van der Waals surface area contributed by atoms with Crippen molar-refractivity contribution in [2.45, 2.75) is 32.7 Å². The number of hydrogen-bond acceptors (Lipinski definition) is 3. The molecule has 104 valence electrons. The molecular weight excluding hydrogens is 254 g/mol. The molecule has 0 saturated carbocycles. The molecule has 0 aromatic heterocycles. The lowest BCUT2D eigenvalue weighted by Crippen LogP contribution is -2.35. The van der Waals surface area contributed by atoms with Crippen molar-refractivity contribution in [3.05, 3.63) is 29.3 Å². The third-order valence-corrected chi connectivity index (χ3v) is 4.01. The Balaban J connectivity index is 2.01. The molecule has 19 heavy (non-hydrogen) atoms. The Kier molecular flexibility index (Phi) is 4.77. The summed E-state index contributed by atoms with van der Waals surface area (Å²) in [4.78, 5) is 2.99. The topological polar surface area (TPSA) is 41.3 Å². The minimum atomic E-state index is 0.455. The van der Waals surface area contributed by atoms with E-state index in [1.807, 2.05) is 12.1 Å². The Morgan fingerprint density at radius 2 is 2.11 bits per heavy atom. The first kappa shape index (κ1) is 14.3. The zero-order valence-corrected chi connectivity index (χ0v) is 12.6. The van der Waals surface area contributed by atoms with E-state index in [4.69, 9.17) is 18.0 Å². The molecule has 1 aromatic rings. The maximum atomic E-state index is 5.77. The molecule has 1 aromatic carbocycles. The van der Waals surface area contributed by atoms with E-state index in [1.54, 1.807) is 0 Å². The quantitative estimate of drug-likeness (QED) is 0.812. The molecule has 0 spiro atoms. The van der Waals surface area contributed by atoms with Gasteiger partial charge in [0.05, 0.1) is 0 Å². The van der Waals surface area contributed by atoms with Gasteiger partial charge < -0.3 is 11.1 Å². The maximum Gasteiger partial charge on any atom is 0.106 e. The van der Waals surface area contributed by atoms with Crippen LogP contribution in [0.4, 0.5) is 5.69 Å². The van der Waals surface area contributed by atoms with Gasteiger partial charge >= 0.3 is 0 Å². The fourth-order valence-electron chi connectivity index (χ4n) is 2.59. The van der Waals surface area contributed by atoms with Crippen LogP contribution in [-0.4, -0.2) is 35.6 Å². The van der Waals surface area contributed by atoms with Crippen molar-refractivity contribution < 1.29 is 0 Å². The number of hydrogen-bond donors (Lipinski definition) is 2. The number of likely N-dealkylation sites (tertiary alicyclic amines) is 1. The Morgan fingerprint density at radius 1 is 1.42 bits per heavy atom. The predicted molar refractivity (Wildman–Crippen MR) is 85.8 cm³/mol. The van der Waals surface area contributed by atoms with E-state index < -0.39 is 0 Å². The Bertz CT molecular complexity index is 453. The van der Waals surface area contributed by atoms with Gasteiger partial charge in [0.25, 0.3) is 0 Å². The average Bonchev–Trinajstić information content (AvgIpc) is 2.89. The second kappa shape index (κ2) is 6.35. The highest BCUT2D eigenvalue weighted by molar-refractivity contribution is 7.80. The van der Waals surface area contributed by atoms with Gasteiger partial charge in [-0.15, -0.1) is 0 Å². The third kappa shape index (κ3) is 3.67. The van der Waals surface area contributed by atoms with Crippen LogP contribution in [0.1, 0.15) is 30.9 Å². The Morgan fingerprint density at radius 3 is 2.74 bits per heavy atom. The zero-order valence-electron chi connectivity index (χ0n) is 11.8. The van der Waals surface area contributed by atoms with Crippen LogP contribution < -0.4 is 11.1 Å². The third-order valence-electron chi connectivity index (χ3n) is 3.79. The fraction of sp³-hybridized carbons (Fsp3) is 0.533. The number of anilines is 1. The standard InChI is InChI=1S/C15H23N3S/c1-11-5-6-13(15(16)19)14(9-11)17-10-12(2)18-7-3-4-8-18/h5-6,9,12,17H,3-4,7-8,10H2,1-2H3,(H2,16,19). The van der Waals surface area contributed by atoms with E-state index in [0.29, 0.717) is 11.0 Å². The van der Waals surface area contributed by atoms with Gasteiger partial charge in [0.1, 0.15) is 4.99 Å². The monoisotopic (exact) mass is 277 g/mol. The normalized spacial score (nSPS) is 17.4. The van der Waals surface area contributed by atoms with Gasteiger partial charge in [-0.2, -0.15) is 0 Å². The molecule has 0 bridgehead atoms. The number of rotatable bonds is 5. The van der Waals surface area contributed by atoms with Crippen molar-refractivity contribution in [3.8, 4) is 0 Å². The van der Waals surface area contributed by atoms with Gasteiger partial charge in [-0.3, -0.25) is 4.90 Å². The summed E-state index contributed by atoms with van der Waals surface area (Å²) in [6, 6.07) is 6.71. The lowest BCUT2D eigenvalue weighted by molar-refractivity contribution is 0.269. The van der Waals surface area contributed by atoms with Crippen LogP contribution in [0.15, 0.2) is 18.2 Å². The van der Waals surface area contributed by atoms with Crippen molar-refractivity contribution in [1.29, 1.82) is 0 Å². The van der Waals surface area contributed by atoms with Gasteiger partial charge in [0.15, 0.2) is 0 Å². The summed E-state index contributed by atoms with van der Waals surface area (Å²) in [6.07, 6.45) is 2.65. The molecule has 0 amide bonds. The van der Waals surface area contributed by atoms with E-state index >= 15 is 0 Å². The fourth-order valence-corrected chi connectivity index (χ4v) is 2.77. The summed E-state index contributed by atoms with van der Waals surface area (Å²) in [5.74, 6) is 0. The average molecular weight is 277 g/mol. The van der Waals surface area contributed by atoms with Crippen LogP contribution in [0.3, 0.4) is 0 Å². The van der Waals surface area contributed by atoms with Gasteiger partial charge in [0, 0.05) is 23.8 Å². The van der Waals surface area contributed by atoms with Crippen LogP contribution in [0, 0.1) is 6.92 Å². The lowest BCUT2D eigenvalue weighted by atomic mass is 10.1. The van der Waals surface area contributed by atoms with Crippen LogP contribution in [-0.2, 0) is 0 Å². The number of benzene rings is 1. The Labute approximate surface area is 121 Å². The summed E-state index contributed by atoms with van der Waals surface area (Å²) in [5.41, 5.74) is 8.99. The highest BCUT2D eigenvalue weighted by Gasteiger charge is 2.18. The summed E-state index contributed by atoms with van der Waals surface area (Å²) >= 11 is 5.11. The molecule has 4 heteroatoms. The number of nitrogens with two attached hydrogens (primary N) is 1. The summed E-state index contributed by atoms with van der Waals surface area (Å²) in [6.45, 7) is 7.73. The zero-order chi connectivity index (χ0) is 13.8. The molecule has 1 atom stereocenters. The van der Waals surface area contributed by atoms with E-state index in [9.17, 15) is 0 Å². The second-order valence-corrected chi connectivity index (χ2v) is 5.83. The highest BCUT2D eigenvalue weighted by atomic mass is 32.1. The van der Waals surface area contributed by atoms with Crippen molar-refractivity contribution in [2.75, 3.05) is 25.0 Å². The first-order valence-corrected chi connectivity index (χ1v) is 7.37. The minimum Gasteiger partial charge on any atom is -0.389 e. The molecule has 1 fully saturated rings. The molecule has 1 saturated heterocycles. The van der Waals surface area contributed by atoms with E-state index in [2.05, 4.69) is 30.1 Å². The van der Waals surface area contributed by atoms with Crippen molar-refractivity contribution >= 4 is 22.9 Å². The smallest absolute Gasteiger partial charge is 0.106 e. The molecule has 1 unspecified atom stereocenters. The second-order valence-electron chi connectivity index (χ2n) is 5.39. The summed E-state index contributed by atoms with van der Waals surface area (Å²) in [7, 11) is 0. The largest absolute Gasteiger partial charge is 0.389 e. The lowest BCUT2D eigenvalue weighted by Gasteiger charge is -2.25. The molecular formula is C15H23N3S. The maximum absolute atomic E-state index is 5.77. The van der Waals surface area contributed by atoms with Gasteiger partial charge in [-0.1, -0.05) is 18.3 Å². The van der Waals surface area contributed by atoms with Crippen molar-refractivity contribution in [3.63, 3.8) is 0 Å². The highest BCUT2D eigenvalue weighted by Crippen LogP contribution is 2.19. The van der Waals surface area contributed by atoms with Gasteiger partial charge in [0.2, 0.25) is 0 Å². The molecule has 0 aliphatic carbocycles. The molecule has 1 aliphatic rings. The van der Waals surface area contributed by atoms with Crippen LogP contribution in [0.5, 0.6) is 0 Å². The summed E-state index contributed by atoms with van der Waals surface area (Å²) in [5, 5.41) is 3.50. The predicted octanol–water partition coefficient (Wildman–Crippen LogP) is 2.53. The van der Waals surface area contributed by atoms with E-state index in [1.165, 1.54) is 31.5 Å². The number of nitrogens with one attached hydrogen (secondary N) is 1. The van der Waals surface area contributed by atoms with Crippen LogP contribution >= 0.6 is 12.2 Å². The number of thiocarbonyl (C=S) groups is 1. The number of nitrogens with zero attached hydrogens (tertiary/aromatic N) is 1. The first-order valence-electron chi connectivity index (χ1n) is 6.96. The van der Waals surface area contributed by atoms with E-state index in [-0.39, 0.29) is 0 Å². The molecule has 1 aliphatic heterocycles. The molecule has 3 N–H and O–H groups in total. The van der Waals surface area contributed by atoms with Crippen molar-refractivity contribution in [1.82, 2.24) is 4.90 Å². The Hall–Kier alpha value is -1.13. The first-order chi connectivity index (χ1) is 9.08. The van der Waals surface area contributed by atoms with Gasteiger partial charge in [-0.25, -0.2) is 0 Å². The van der Waals surface area contributed by atoms with Crippen LogP contribution in [0.25, 0.3) is 0 Å². The molecule has 1 heterocycles. The summed E-state index contributed by atoms with van der Waals surface area (Å²) < 4.78 is 0. The van der Waals surface area contributed by atoms with Crippen molar-refractivity contribution in [2.24, 2.45) is 5.73 Å². The van der Waals surface area contributed by atoms with Gasteiger partial charge in [-0.05, 0) is 57.5 Å². The molecule has 3 nitrogen and oxygen atoms in total. The van der Waals surface area contributed by atoms with Crippen LogP contribution in [0.2, 0.25) is 0 Å².